The van der Waals surface area contributed by atoms with Crippen molar-refractivity contribution in [3.05, 3.63) is 28.8 Å². The maximum Gasteiger partial charge on any atom is 0.0640 e. The summed E-state index contributed by atoms with van der Waals surface area (Å²) in [6, 6.07) is 6.81. The van der Waals surface area contributed by atoms with Crippen LogP contribution in [0.25, 0.3) is 0 Å². The minimum atomic E-state index is 0.568. The first kappa shape index (κ1) is 12.8. The summed E-state index contributed by atoms with van der Waals surface area (Å²) in [6.07, 6.45) is 3.94. The lowest BCUT2D eigenvalue weighted by Gasteiger charge is -2.34. The van der Waals surface area contributed by atoms with Gasteiger partial charge in [-0.2, -0.15) is 0 Å². The number of halogens is 1. The van der Waals surface area contributed by atoms with Crippen molar-refractivity contribution in [3.8, 4) is 0 Å². The standard InChI is InChI=1S/C15H22ClN/c1-10-5-7-14(13(16)8-10)17-15-9-11(2)4-6-12(15)3/h5,7-8,11-12,15,17H,4,6,9H2,1-3H3. The van der Waals surface area contributed by atoms with Crippen LogP contribution in [0.4, 0.5) is 5.69 Å². The van der Waals surface area contributed by atoms with Crippen LogP contribution >= 0.6 is 11.6 Å². The molecule has 2 heteroatoms. The largest absolute Gasteiger partial charge is 0.381 e. The summed E-state index contributed by atoms with van der Waals surface area (Å²) in [5.41, 5.74) is 2.30. The van der Waals surface area contributed by atoms with E-state index in [1.807, 2.05) is 6.07 Å². The molecule has 1 aromatic rings. The summed E-state index contributed by atoms with van der Waals surface area (Å²) in [5.74, 6) is 1.57. The second-order valence-electron chi connectivity index (χ2n) is 5.63. The van der Waals surface area contributed by atoms with E-state index in [1.165, 1.54) is 24.8 Å². The van der Waals surface area contributed by atoms with Crippen molar-refractivity contribution in [2.75, 3.05) is 5.32 Å². The van der Waals surface area contributed by atoms with Gasteiger partial charge in [0.15, 0.2) is 0 Å². The van der Waals surface area contributed by atoms with Crippen molar-refractivity contribution < 1.29 is 0 Å². The van der Waals surface area contributed by atoms with Gasteiger partial charge in [-0.25, -0.2) is 0 Å². The molecule has 1 aliphatic rings. The second kappa shape index (κ2) is 5.30. The lowest BCUT2D eigenvalue weighted by Crippen LogP contribution is -2.33. The zero-order valence-electron chi connectivity index (χ0n) is 11.0. The first-order chi connectivity index (χ1) is 8.06. The van der Waals surface area contributed by atoms with Gasteiger partial charge < -0.3 is 5.32 Å². The molecule has 17 heavy (non-hydrogen) atoms. The lowest BCUT2D eigenvalue weighted by molar-refractivity contribution is 0.281. The van der Waals surface area contributed by atoms with Crippen LogP contribution in [0.1, 0.15) is 38.7 Å². The summed E-state index contributed by atoms with van der Waals surface area (Å²) >= 11 is 6.27. The van der Waals surface area contributed by atoms with E-state index < -0.39 is 0 Å². The Kier molecular flexibility index (Phi) is 3.98. The molecular weight excluding hydrogens is 230 g/mol. The highest BCUT2D eigenvalue weighted by atomic mass is 35.5. The molecule has 0 aliphatic heterocycles. The normalized spacial score (nSPS) is 29.1. The highest BCUT2D eigenvalue weighted by Gasteiger charge is 2.25. The Labute approximate surface area is 110 Å². The summed E-state index contributed by atoms with van der Waals surface area (Å²) in [7, 11) is 0. The number of aryl methyl sites for hydroxylation is 1. The Balaban J connectivity index is 2.08. The monoisotopic (exact) mass is 251 g/mol. The molecule has 0 amide bonds. The van der Waals surface area contributed by atoms with Crippen LogP contribution in [-0.2, 0) is 0 Å². The summed E-state index contributed by atoms with van der Waals surface area (Å²) in [5, 5.41) is 4.47. The van der Waals surface area contributed by atoms with Crippen LogP contribution in [0.5, 0.6) is 0 Å². The molecule has 1 saturated carbocycles. The van der Waals surface area contributed by atoms with Gasteiger partial charge in [-0.05, 0) is 49.3 Å². The van der Waals surface area contributed by atoms with Gasteiger partial charge in [-0.3, -0.25) is 0 Å². The maximum absolute atomic E-state index is 6.27. The molecular formula is C15H22ClN. The molecule has 94 valence electrons. The molecule has 1 fully saturated rings. The highest BCUT2D eigenvalue weighted by Crippen LogP contribution is 2.32. The van der Waals surface area contributed by atoms with Crippen molar-refractivity contribution >= 4 is 17.3 Å². The Hall–Kier alpha value is -0.690. The minimum absolute atomic E-state index is 0.568. The number of benzene rings is 1. The van der Waals surface area contributed by atoms with Crippen LogP contribution < -0.4 is 5.32 Å². The van der Waals surface area contributed by atoms with Gasteiger partial charge >= 0.3 is 0 Å². The predicted octanol–water partition coefficient (Wildman–Crippen LogP) is 4.89. The molecule has 0 radical (unpaired) electrons. The smallest absolute Gasteiger partial charge is 0.0640 e. The zero-order valence-corrected chi connectivity index (χ0v) is 11.7. The van der Waals surface area contributed by atoms with E-state index in [0.29, 0.717) is 6.04 Å². The molecule has 1 aliphatic carbocycles. The molecule has 2 rings (SSSR count). The molecule has 0 spiro atoms. The fraction of sp³-hybridized carbons (Fsp3) is 0.600. The van der Waals surface area contributed by atoms with Gasteiger partial charge in [-0.1, -0.05) is 37.9 Å². The van der Waals surface area contributed by atoms with Crippen molar-refractivity contribution in [2.45, 2.75) is 46.1 Å². The lowest BCUT2D eigenvalue weighted by atomic mass is 9.80. The van der Waals surface area contributed by atoms with Crippen LogP contribution in [0.3, 0.4) is 0 Å². The predicted molar refractivity (Wildman–Crippen MR) is 75.8 cm³/mol. The molecule has 3 atom stereocenters. The molecule has 1 N–H and O–H groups in total. The second-order valence-corrected chi connectivity index (χ2v) is 6.04. The Morgan fingerprint density at radius 1 is 1.24 bits per heavy atom. The quantitative estimate of drug-likeness (QED) is 0.790. The zero-order chi connectivity index (χ0) is 12.4. The number of hydrogen-bond acceptors (Lipinski definition) is 1. The van der Waals surface area contributed by atoms with Gasteiger partial charge in [-0.15, -0.1) is 0 Å². The van der Waals surface area contributed by atoms with E-state index in [2.05, 4.69) is 38.2 Å². The Morgan fingerprint density at radius 3 is 2.71 bits per heavy atom. The average Bonchev–Trinajstić information content (AvgIpc) is 2.27. The van der Waals surface area contributed by atoms with E-state index >= 15 is 0 Å². The molecule has 0 heterocycles. The van der Waals surface area contributed by atoms with Crippen LogP contribution in [0.15, 0.2) is 18.2 Å². The fourth-order valence-electron chi connectivity index (χ4n) is 2.67. The third-order valence-corrected chi connectivity index (χ3v) is 4.24. The molecule has 1 nitrogen and oxygen atoms in total. The van der Waals surface area contributed by atoms with Gasteiger partial charge in [0.25, 0.3) is 0 Å². The third-order valence-electron chi connectivity index (χ3n) is 3.92. The maximum atomic E-state index is 6.27. The van der Waals surface area contributed by atoms with Crippen LogP contribution in [0, 0.1) is 18.8 Å². The van der Waals surface area contributed by atoms with Crippen molar-refractivity contribution in [2.24, 2.45) is 11.8 Å². The Morgan fingerprint density at radius 2 is 2.00 bits per heavy atom. The molecule has 0 aromatic heterocycles. The number of anilines is 1. The summed E-state index contributed by atoms with van der Waals surface area (Å²) < 4.78 is 0. The third kappa shape index (κ3) is 3.16. The summed E-state index contributed by atoms with van der Waals surface area (Å²) in [6.45, 7) is 6.75. The summed E-state index contributed by atoms with van der Waals surface area (Å²) in [4.78, 5) is 0. The van der Waals surface area contributed by atoms with Crippen molar-refractivity contribution in [1.82, 2.24) is 0 Å². The van der Waals surface area contributed by atoms with E-state index in [4.69, 9.17) is 11.6 Å². The topological polar surface area (TPSA) is 12.0 Å². The average molecular weight is 252 g/mol. The first-order valence-electron chi connectivity index (χ1n) is 6.59. The van der Waals surface area contributed by atoms with Crippen LogP contribution in [-0.4, -0.2) is 6.04 Å². The van der Waals surface area contributed by atoms with Crippen LogP contribution in [0.2, 0.25) is 5.02 Å². The number of hydrogen-bond donors (Lipinski definition) is 1. The minimum Gasteiger partial charge on any atom is -0.381 e. The van der Waals surface area contributed by atoms with Crippen molar-refractivity contribution in [1.29, 1.82) is 0 Å². The van der Waals surface area contributed by atoms with E-state index in [9.17, 15) is 0 Å². The molecule has 0 saturated heterocycles. The van der Waals surface area contributed by atoms with Crippen molar-refractivity contribution in [3.63, 3.8) is 0 Å². The molecule has 3 unspecified atom stereocenters. The Bertz CT molecular complexity index is 389. The first-order valence-corrected chi connectivity index (χ1v) is 6.96. The van der Waals surface area contributed by atoms with Gasteiger partial charge in [0.2, 0.25) is 0 Å². The molecule has 0 bridgehead atoms. The van der Waals surface area contributed by atoms with Gasteiger partial charge in [0.1, 0.15) is 0 Å². The number of rotatable bonds is 2. The SMILES string of the molecule is Cc1ccc(NC2CC(C)CCC2C)c(Cl)c1. The van der Waals surface area contributed by atoms with E-state index in [1.54, 1.807) is 0 Å². The van der Waals surface area contributed by atoms with E-state index in [0.717, 1.165) is 22.5 Å². The molecule has 1 aromatic carbocycles. The number of nitrogens with one attached hydrogen (secondary N) is 1. The van der Waals surface area contributed by atoms with E-state index in [-0.39, 0.29) is 0 Å². The fourth-order valence-corrected chi connectivity index (χ4v) is 2.96. The highest BCUT2D eigenvalue weighted by molar-refractivity contribution is 6.33. The van der Waals surface area contributed by atoms with Gasteiger partial charge in [0.05, 0.1) is 10.7 Å². The van der Waals surface area contributed by atoms with Gasteiger partial charge in [0, 0.05) is 6.04 Å².